The lowest BCUT2D eigenvalue weighted by atomic mass is 9.77. The maximum absolute atomic E-state index is 5.75. The van der Waals surface area contributed by atoms with E-state index >= 15 is 0 Å². The second-order valence-corrected chi connectivity index (χ2v) is 6.32. The molecule has 0 saturated carbocycles. The van der Waals surface area contributed by atoms with Crippen LogP contribution in [0.4, 0.5) is 0 Å². The summed E-state index contributed by atoms with van der Waals surface area (Å²) in [6.07, 6.45) is 3.66. The Morgan fingerprint density at radius 1 is 1.20 bits per heavy atom. The number of nitrogens with one attached hydrogen (secondary N) is 1. The SMILES string of the molecule is CCNC(C1CCCOC1)C(C)(CC)N1CCOCC1. The first-order chi connectivity index (χ1) is 9.72. The van der Waals surface area contributed by atoms with Crippen molar-refractivity contribution in [1.29, 1.82) is 0 Å². The molecule has 0 spiro atoms. The van der Waals surface area contributed by atoms with Crippen LogP contribution >= 0.6 is 0 Å². The van der Waals surface area contributed by atoms with Crippen molar-refractivity contribution in [2.75, 3.05) is 46.1 Å². The molecular weight excluding hydrogens is 252 g/mol. The van der Waals surface area contributed by atoms with Gasteiger partial charge in [0.1, 0.15) is 0 Å². The summed E-state index contributed by atoms with van der Waals surface area (Å²) < 4.78 is 11.3. The first-order valence-electron chi connectivity index (χ1n) is 8.36. The molecule has 0 amide bonds. The molecule has 2 saturated heterocycles. The molecule has 0 bridgehead atoms. The summed E-state index contributed by atoms with van der Waals surface area (Å²) in [7, 11) is 0. The van der Waals surface area contributed by atoms with Crippen LogP contribution in [-0.2, 0) is 9.47 Å². The van der Waals surface area contributed by atoms with Gasteiger partial charge in [-0.1, -0.05) is 13.8 Å². The minimum Gasteiger partial charge on any atom is -0.381 e. The van der Waals surface area contributed by atoms with Gasteiger partial charge in [0.15, 0.2) is 0 Å². The lowest BCUT2D eigenvalue weighted by Crippen LogP contribution is -2.64. The third-order valence-corrected chi connectivity index (χ3v) is 5.21. The first kappa shape index (κ1) is 16.2. The lowest BCUT2D eigenvalue weighted by Gasteiger charge is -2.51. The Hall–Kier alpha value is -0.160. The summed E-state index contributed by atoms with van der Waals surface area (Å²) in [5.74, 6) is 0.636. The molecule has 1 N–H and O–H groups in total. The van der Waals surface area contributed by atoms with Crippen molar-refractivity contribution in [3.63, 3.8) is 0 Å². The molecule has 0 aliphatic carbocycles. The van der Waals surface area contributed by atoms with Gasteiger partial charge in [0, 0.05) is 31.3 Å². The molecule has 0 aromatic heterocycles. The summed E-state index contributed by atoms with van der Waals surface area (Å²) >= 11 is 0. The Balaban J connectivity index is 2.13. The van der Waals surface area contributed by atoms with E-state index in [-0.39, 0.29) is 5.54 Å². The summed E-state index contributed by atoms with van der Waals surface area (Å²) in [5.41, 5.74) is 0.200. The van der Waals surface area contributed by atoms with Crippen LogP contribution in [0.25, 0.3) is 0 Å². The van der Waals surface area contributed by atoms with Crippen LogP contribution in [0.5, 0.6) is 0 Å². The van der Waals surface area contributed by atoms with E-state index in [1.807, 2.05) is 0 Å². The van der Waals surface area contributed by atoms with E-state index in [1.165, 1.54) is 19.3 Å². The zero-order valence-electron chi connectivity index (χ0n) is 13.5. The van der Waals surface area contributed by atoms with Gasteiger partial charge in [-0.15, -0.1) is 0 Å². The van der Waals surface area contributed by atoms with Crippen LogP contribution in [0.2, 0.25) is 0 Å². The molecule has 2 aliphatic heterocycles. The first-order valence-corrected chi connectivity index (χ1v) is 8.36. The second-order valence-electron chi connectivity index (χ2n) is 6.32. The molecule has 20 heavy (non-hydrogen) atoms. The maximum Gasteiger partial charge on any atom is 0.0594 e. The smallest absolute Gasteiger partial charge is 0.0594 e. The zero-order chi connectivity index (χ0) is 14.4. The molecule has 3 unspecified atom stereocenters. The fourth-order valence-electron chi connectivity index (χ4n) is 3.86. The van der Waals surface area contributed by atoms with Gasteiger partial charge in [-0.2, -0.15) is 0 Å². The molecule has 0 radical (unpaired) electrons. The van der Waals surface area contributed by atoms with E-state index in [0.29, 0.717) is 12.0 Å². The number of ether oxygens (including phenoxy) is 2. The highest BCUT2D eigenvalue weighted by molar-refractivity contribution is 5.00. The number of morpholine rings is 1. The highest BCUT2D eigenvalue weighted by atomic mass is 16.5. The average Bonchev–Trinajstić information content (AvgIpc) is 2.53. The summed E-state index contributed by atoms with van der Waals surface area (Å²) in [6.45, 7) is 13.7. The Kier molecular flexibility index (Phi) is 6.27. The van der Waals surface area contributed by atoms with Gasteiger partial charge < -0.3 is 14.8 Å². The topological polar surface area (TPSA) is 33.7 Å². The molecule has 4 nitrogen and oxygen atoms in total. The molecule has 2 aliphatic rings. The largest absolute Gasteiger partial charge is 0.381 e. The van der Waals surface area contributed by atoms with Gasteiger partial charge in [0.25, 0.3) is 0 Å². The number of nitrogens with zero attached hydrogens (tertiary/aromatic N) is 1. The minimum atomic E-state index is 0.200. The maximum atomic E-state index is 5.75. The number of rotatable bonds is 6. The number of hydrogen-bond donors (Lipinski definition) is 1. The van der Waals surface area contributed by atoms with Crippen LogP contribution < -0.4 is 5.32 Å². The van der Waals surface area contributed by atoms with E-state index in [9.17, 15) is 0 Å². The van der Waals surface area contributed by atoms with Gasteiger partial charge >= 0.3 is 0 Å². The Morgan fingerprint density at radius 2 is 1.95 bits per heavy atom. The lowest BCUT2D eigenvalue weighted by molar-refractivity contribution is -0.0573. The van der Waals surface area contributed by atoms with E-state index in [4.69, 9.17) is 9.47 Å². The van der Waals surface area contributed by atoms with Crippen molar-refractivity contribution in [3.05, 3.63) is 0 Å². The third kappa shape index (κ3) is 3.53. The van der Waals surface area contributed by atoms with Gasteiger partial charge in [-0.25, -0.2) is 0 Å². The van der Waals surface area contributed by atoms with Crippen LogP contribution in [0.15, 0.2) is 0 Å². The summed E-state index contributed by atoms with van der Waals surface area (Å²) in [6, 6.07) is 0.510. The van der Waals surface area contributed by atoms with Crippen molar-refractivity contribution in [2.24, 2.45) is 5.92 Å². The van der Waals surface area contributed by atoms with Crippen molar-refractivity contribution < 1.29 is 9.47 Å². The van der Waals surface area contributed by atoms with Crippen molar-refractivity contribution in [2.45, 2.75) is 51.6 Å². The van der Waals surface area contributed by atoms with Gasteiger partial charge in [0.05, 0.1) is 19.8 Å². The van der Waals surface area contributed by atoms with E-state index in [2.05, 4.69) is 31.0 Å². The fourth-order valence-corrected chi connectivity index (χ4v) is 3.86. The normalized spacial score (nSPS) is 29.9. The van der Waals surface area contributed by atoms with Crippen molar-refractivity contribution in [3.8, 4) is 0 Å². The third-order valence-electron chi connectivity index (χ3n) is 5.21. The molecular formula is C16H32N2O2. The predicted molar refractivity (Wildman–Crippen MR) is 82.1 cm³/mol. The Morgan fingerprint density at radius 3 is 2.50 bits per heavy atom. The van der Waals surface area contributed by atoms with E-state index in [1.54, 1.807) is 0 Å². The Labute approximate surface area is 124 Å². The van der Waals surface area contributed by atoms with Crippen LogP contribution in [-0.4, -0.2) is 62.5 Å². The molecule has 4 heteroatoms. The summed E-state index contributed by atoms with van der Waals surface area (Å²) in [4.78, 5) is 2.64. The molecule has 2 fully saturated rings. The summed E-state index contributed by atoms with van der Waals surface area (Å²) in [5, 5.41) is 3.78. The predicted octanol–water partition coefficient (Wildman–Crippen LogP) is 1.89. The Bertz CT molecular complexity index is 276. The number of likely N-dealkylation sites (N-methyl/N-ethyl adjacent to an activating group) is 1. The molecule has 0 aromatic rings. The molecule has 2 rings (SSSR count). The molecule has 0 aromatic carbocycles. The van der Waals surface area contributed by atoms with Gasteiger partial charge in [0.2, 0.25) is 0 Å². The quantitative estimate of drug-likeness (QED) is 0.807. The van der Waals surface area contributed by atoms with Gasteiger partial charge in [-0.05, 0) is 38.6 Å². The zero-order valence-corrected chi connectivity index (χ0v) is 13.5. The van der Waals surface area contributed by atoms with Crippen LogP contribution in [0.1, 0.15) is 40.0 Å². The number of hydrogen-bond acceptors (Lipinski definition) is 4. The fraction of sp³-hybridized carbons (Fsp3) is 1.00. The van der Waals surface area contributed by atoms with Crippen LogP contribution in [0, 0.1) is 5.92 Å². The monoisotopic (exact) mass is 284 g/mol. The molecule has 2 heterocycles. The highest BCUT2D eigenvalue weighted by Gasteiger charge is 2.42. The standard InChI is InChI=1S/C16H32N2O2/c1-4-16(3,18-8-11-19-12-9-18)15(17-5-2)14-7-6-10-20-13-14/h14-15,17H,4-13H2,1-3H3. The van der Waals surface area contributed by atoms with Crippen LogP contribution in [0.3, 0.4) is 0 Å². The van der Waals surface area contributed by atoms with Crippen molar-refractivity contribution >= 4 is 0 Å². The molecule has 3 atom stereocenters. The van der Waals surface area contributed by atoms with E-state index in [0.717, 1.165) is 46.1 Å². The second kappa shape index (κ2) is 7.74. The van der Waals surface area contributed by atoms with Crippen molar-refractivity contribution in [1.82, 2.24) is 10.2 Å². The van der Waals surface area contributed by atoms with Gasteiger partial charge in [-0.3, -0.25) is 4.90 Å². The minimum absolute atomic E-state index is 0.200. The average molecular weight is 284 g/mol. The van der Waals surface area contributed by atoms with E-state index < -0.39 is 0 Å². The molecule has 118 valence electrons. The highest BCUT2D eigenvalue weighted by Crippen LogP contribution is 2.32.